The zero-order valence-corrected chi connectivity index (χ0v) is 13.6. The van der Waals surface area contributed by atoms with E-state index in [1.165, 1.54) is 5.56 Å². The maximum atomic E-state index is 12.4. The summed E-state index contributed by atoms with van der Waals surface area (Å²) in [4.78, 5) is 12.4. The molecule has 22 heavy (non-hydrogen) atoms. The van der Waals surface area contributed by atoms with E-state index in [-0.39, 0.29) is 5.91 Å². The molecule has 0 heterocycles. The first-order valence-corrected chi connectivity index (χ1v) is 7.61. The Balaban J connectivity index is 2.08. The monoisotopic (exact) mass is 297 g/mol. The van der Waals surface area contributed by atoms with Crippen LogP contribution in [0.3, 0.4) is 0 Å². The molecule has 0 radical (unpaired) electrons. The van der Waals surface area contributed by atoms with Crippen LogP contribution in [0.2, 0.25) is 0 Å². The number of benzene rings is 2. The van der Waals surface area contributed by atoms with Gasteiger partial charge in [-0.25, -0.2) is 0 Å². The Kier molecular flexibility index (Phi) is 5.21. The Hall–Kier alpha value is -2.29. The third kappa shape index (κ3) is 4.10. The summed E-state index contributed by atoms with van der Waals surface area (Å²) >= 11 is 0. The Bertz CT molecular complexity index is 664. The highest BCUT2D eigenvalue weighted by molar-refractivity contribution is 5.95. The van der Waals surface area contributed by atoms with Gasteiger partial charge in [0.05, 0.1) is 0 Å². The number of hydrogen-bond donors (Lipinski definition) is 1. The standard InChI is InChI=1S/C19H23NO2/c1-5-18(22-16-8-6-7-13(2)12-16)19(21)20-17-10-9-14(3)11-15(17)4/h6-12,18H,5H2,1-4H3,(H,20,21). The van der Waals surface area contributed by atoms with E-state index in [9.17, 15) is 4.79 Å². The number of ether oxygens (including phenoxy) is 1. The number of carbonyl (C=O) groups excluding carboxylic acids is 1. The van der Waals surface area contributed by atoms with Crippen LogP contribution in [-0.4, -0.2) is 12.0 Å². The highest BCUT2D eigenvalue weighted by atomic mass is 16.5. The first kappa shape index (κ1) is 16.1. The quantitative estimate of drug-likeness (QED) is 0.888. The van der Waals surface area contributed by atoms with Gasteiger partial charge in [0.15, 0.2) is 6.10 Å². The largest absolute Gasteiger partial charge is 0.481 e. The molecule has 0 saturated carbocycles. The second kappa shape index (κ2) is 7.12. The number of rotatable bonds is 5. The van der Waals surface area contributed by atoms with Gasteiger partial charge in [-0.15, -0.1) is 0 Å². The van der Waals surface area contributed by atoms with Crippen molar-refractivity contribution in [1.82, 2.24) is 0 Å². The van der Waals surface area contributed by atoms with Gasteiger partial charge in [0.1, 0.15) is 5.75 Å². The molecule has 0 bridgehead atoms. The molecule has 2 aromatic carbocycles. The van der Waals surface area contributed by atoms with E-state index in [1.54, 1.807) is 0 Å². The molecule has 1 unspecified atom stereocenters. The Labute approximate surface area is 132 Å². The summed E-state index contributed by atoms with van der Waals surface area (Å²) in [6.45, 7) is 7.98. The molecule has 0 aromatic heterocycles. The summed E-state index contributed by atoms with van der Waals surface area (Å²) in [6, 6.07) is 13.7. The van der Waals surface area contributed by atoms with Crippen molar-refractivity contribution in [1.29, 1.82) is 0 Å². The van der Waals surface area contributed by atoms with Gasteiger partial charge < -0.3 is 10.1 Å². The molecule has 0 aliphatic rings. The molecule has 3 nitrogen and oxygen atoms in total. The number of amides is 1. The lowest BCUT2D eigenvalue weighted by Crippen LogP contribution is -2.32. The summed E-state index contributed by atoms with van der Waals surface area (Å²) in [7, 11) is 0. The summed E-state index contributed by atoms with van der Waals surface area (Å²) < 4.78 is 5.83. The van der Waals surface area contributed by atoms with Crippen LogP contribution in [0.5, 0.6) is 5.75 Å². The van der Waals surface area contributed by atoms with Crippen LogP contribution in [0.1, 0.15) is 30.0 Å². The third-order valence-electron chi connectivity index (χ3n) is 3.57. The molecular formula is C19H23NO2. The van der Waals surface area contributed by atoms with Crippen LogP contribution in [0.25, 0.3) is 0 Å². The molecule has 1 N–H and O–H groups in total. The molecule has 0 aliphatic carbocycles. The summed E-state index contributed by atoms with van der Waals surface area (Å²) in [6.07, 6.45) is 0.118. The van der Waals surface area contributed by atoms with Gasteiger partial charge in [0, 0.05) is 5.69 Å². The molecule has 0 aliphatic heterocycles. The van der Waals surface area contributed by atoms with Gasteiger partial charge in [0.2, 0.25) is 0 Å². The van der Waals surface area contributed by atoms with Gasteiger partial charge in [-0.2, -0.15) is 0 Å². The van der Waals surface area contributed by atoms with Crippen LogP contribution in [0.15, 0.2) is 42.5 Å². The SMILES string of the molecule is CCC(Oc1cccc(C)c1)C(=O)Nc1ccc(C)cc1C. The predicted octanol–water partition coefficient (Wildman–Crippen LogP) is 4.41. The lowest BCUT2D eigenvalue weighted by atomic mass is 10.1. The minimum Gasteiger partial charge on any atom is -0.481 e. The van der Waals surface area contributed by atoms with Gasteiger partial charge in [-0.05, 0) is 56.5 Å². The maximum absolute atomic E-state index is 12.4. The van der Waals surface area contributed by atoms with Gasteiger partial charge in [0.25, 0.3) is 5.91 Å². The molecule has 1 atom stereocenters. The lowest BCUT2D eigenvalue weighted by molar-refractivity contribution is -0.122. The van der Waals surface area contributed by atoms with Gasteiger partial charge in [-0.1, -0.05) is 36.8 Å². The summed E-state index contributed by atoms with van der Waals surface area (Å²) in [5.41, 5.74) is 4.18. The summed E-state index contributed by atoms with van der Waals surface area (Å²) in [5.74, 6) is 0.610. The highest BCUT2D eigenvalue weighted by Gasteiger charge is 2.19. The fourth-order valence-corrected chi connectivity index (χ4v) is 2.34. The number of hydrogen-bond acceptors (Lipinski definition) is 2. The molecular weight excluding hydrogens is 274 g/mol. The number of anilines is 1. The van der Waals surface area contributed by atoms with Crippen molar-refractivity contribution < 1.29 is 9.53 Å². The first-order chi connectivity index (χ1) is 10.5. The topological polar surface area (TPSA) is 38.3 Å². The molecule has 0 fully saturated rings. The van der Waals surface area contributed by atoms with Gasteiger partial charge in [-0.3, -0.25) is 4.79 Å². The summed E-state index contributed by atoms with van der Waals surface area (Å²) in [5, 5.41) is 2.96. The number of carbonyl (C=O) groups is 1. The van der Waals surface area contributed by atoms with Crippen molar-refractivity contribution in [3.05, 3.63) is 59.2 Å². The van der Waals surface area contributed by atoms with E-state index in [4.69, 9.17) is 4.74 Å². The van der Waals surface area contributed by atoms with Crippen LogP contribution in [0, 0.1) is 20.8 Å². The van der Waals surface area contributed by atoms with Crippen molar-refractivity contribution in [2.45, 2.75) is 40.2 Å². The van der Waals surface area contributed by atoms with E-state index in [0.717, 1.165) is 22.6 Å². The maximum Gasteiger partial charge on any atom is 0.265 e. The van der Waals surface area contributed by atoms with Crippen LogP contribution >= 0.6 is 0 Å². The second-order valence-electron chi connectivity index (χ2n) is 5.64. The molecule has 0 saturated heterocycles. The van der Waals surface area contributed by atoms with E-state index in [0.29, 0.717) is 6.42 Å². The van der Waals surface area contributed by atoms with Crippen LogP contribution < -0.4 is 10.1 Å². The zero-order chi connectivity index (χ0) is 16.1. The Morgan fingerprint density at radius 3 is 2.45 bits per heavy atom. The van der Waals surface area contributed by atoms with Crippen molar-refractivity contribution in [2.24, 2.45) is 0 Å². The van der Waals surface area contributed by atoms with Gasteiger partial charge >= 0.3 is 0 Å². The van der Waals surface area contributed by atoms with E-state index in [1.807, 2.05) is 64.1 Å². The van der Waals surface area contributed by atoms with Crippen molar-refractivity contribution in [3.63, 3.8) is 0 Å². The fourth-order valence-electron chi connectivity index (χ4n) is 2.34. The number of nitrogens with one attached hydrogen (secondary N) is 1. The molecule has 1 amide bonds. The predicted molar refractivity (Wildman–Crippen MR) is 90.4 cm³/mol. The van der Waals surface area contributed by atoms with Crippen molar-refractivity contribution in [2.75, 3.05) is 5.32 Å². The molecule has 3 heteroatoms. The van der Waals surface area contributed by atoms with E-state index in [2.05, 4.69) is 11.4 Å². The highest BCUT2D eigenvalue weighted by Crippen LogP contribution is 2.19. The van der Waals surface area contributed by atoms with Crippen molar-refractivity contribution >= 4 is 11.6 Å². The van der Waals surface area contributed by atoms with E-state index >= 15 is 0 Å². The Morgan fingerprint density at radius 2 is 1.82 bits per heavy atom. The normalized spacial score (nSPS) is 11.8. The van der Waals surface area contributed by atoms with Crippen LogP contribution in [-0.2, 0) is 4.79 Å². The van der Waals surface area contributed by atoms with Crippen LogP contribution in [0.4, 0.5) is 5.69 Å². The zero-order valence-electron chi connectivity index (χ0n) is 13.6. The minimum atomic E-state index is -0.498. The minimum absolute atomic E-state index is 0.115. The second-order valence-corrected chi connectivity index (χ2v) is 5.64. The smallest absolute Gasteiger partial charge is 0.265 e. The average molecular weight is 297 g/mol. The lowest BCUT2D eigenvalue weighted by Gasteiger charge is -2.18. The van der Waals surface area contributed by atoms with Crippen molar-refractivity contribution in [3.8, 4) is 5.75 Å². The Morgan fingerprint density at radius 1 is 1.09 bits per heavy atom. The average Bonchev–Trinajstić information content (AvgIpc) is 2.47. The fraction of sp³-hybridized carbons (Fsp3) is 0.316. The first-order valence-electron chi connectivity index (χ1n) is 7.61. The molecule has 116 valence electrons. The molecule has 2 aromatic rings. The van der Waals surface area contributed by atoms with E-state index < -0.39 is 6.10 Å². The molecule has 2 rings (SSSR count). The number of aryl methyl sites for hydroxylation is 3. The molecule has 0 spiro atoms. The third-order valence-corrected chi connectivity index (χ3v) is 3.57.